The number of carbonyl (C=O) groups is 1. The normalized spacial score (nSPS) is 15.8. The Hall–Kier alpha value is -2.97. The van der Waals surface area contributed by atoms with Crippen LogP contribution < -0.4 is 21.1 Å². The van der Waals surface area contributed by atoms with Crippen LogP contribution in [0.4, 0.5) is 16.2 Å². The molecule has 26 heavy (non-hydrogen) atoms. The Labute approximate surface area is 150 Å². The topological polar surface area (TPSA) is 120 Å². The van der Waals surface area contributed by atoms with E-state index in [1.54, 1.807) is 13.3 Å². The number of methoxy groups -OCH3 is 1. The molecule has 0 saturated heterocycles. The summed E-state index contributed by atoms with van der Waals surface area (Å²) in [6.07, 6.45) is 1.74. The second-order valence-electron chi connectivity index (χ2n) is 6.40. The third-order valence-corrected chi connectivity index (χ3v) is 4.58. The fraction of sp³-hybridized carbons (Fsp3) is 0.412. The van der Waals surface area contributed by atoms with E-state index >= 15 is 0 Å². The number of nitrogens with two attached hydrogens (primary N) is 2. The van der Waals surface area contributed by atoms with Crippen molar-refractivity contribution < 1.29 is 13.9 Å². The van der Waals surface area contributed by atoms with Gasteiger partial charge in [0.25, 0.3) is 0 Å². The zero-order valence-corrected chi connectivity index (χ0v) is 14.9. The highest BCUT2D eigenvalue weighted by Crippen LogP contribution is 2.39. The molecule has 1 unspecified atom stereocenters. The van der Waals surface area contributed by atoms with Crippen LogP contribution in [0.15, 0.2) is 6.20 Å². The van der Waals surface area contributed by atoms with Crippen LogP contribution in [0, 0.1) is 19.8 Å². The van der Waals surface area contributed by atoms with E-state index < -0.39 is 17.8 Å². The van der Waals surface area contributed by atoms with Crippen LogP contribution in [0.5, 0.6) is 5.75 Å². The van der Waals surface area contributed by atoms with Crippen LogP contribution in [0.1, 0.15) is 34.7 Å². The van der Waals surface area contributed by atoms with E-state index in [1.807, 2.05) is 18.7 Å². The molecule has 2 aromatic rings. The summed E-state index contributed by atoms with van der Waals surface area (Å²) < 4.78 is 19.8. The molecule has 2 aromatic heterocycles. The zero-order chi connectivity index (χ0) is 19.0. The van der Waals surface area contributed by atoms with Gasteiger partial charge in [-0.2, -0.15) is 14.4 Å². The summed E-state index contributed by atoms with van der Waals surface area (Å²) in [6.45, 7) is 4.59. The number of rotatable bonds is 5. The van der Waals surface area contributed by atoms with E-state index in [1.165, 1.54) is 0 Å². The van der Waals surface area contributed by atoms with Crippen molar-refractivity contribution in [1.29, 1.82) is 0 Å². The highest BCUT2D eigenvalue weighted by atomic mass is 19.1. The molecular formula is C17H21FN6O2. The van der Waals surface area contributed by atoms with Crippen LogP contribution in [0.3, 0.4) is 0 Å². The monoisotopic (exact) mass is 360 g/mol. The molecular weight excluding hydrogens is 339 g/mol. The van der Waals surface area contributed by atoms with Crippen LogP contribution in [0.2, 0.25) is 0 Å². The van der Waals surface area contributed by atoms with Crippen LogP contribution >= 0.6 is 0 Å². The maximum Gasteiger partial charge on any atom is 0.224 e. The lowest BCUT2D eigenvalue weighted by atomic mass is 10.00. The number of halogens is 1. The molecule has 9 heteroatoms. The number of aryl methyl sites for hydroxylation is 1. The number of carbonyl (C=O) groups excluding carboxylic acids is 1. The summed E-state index contributed by atoms with van der Waals surface area (Å²) >= 11 is 0. The first kappa shape index (κ1) is 17.8. The Bertz CT molecular complexity index is 873. The number of pyridine rings is 1. The van der Waals surface area contributed by atoms with Gasteiger partial charge in [-0.1, -0.05) is 0 Å². The van der Waals surface area contributed by atoms with Gasteiger partial charge >= 0.3 is 0 Å². The number of amides is 1. The van der Waals surface area contributed by atoms with Crippen molar-refractivity contribution in [1.82, 2.24) is 15.0 Å². The molecule has 1 atom stereocenters. The van der Waals surface area contributed by atoms with Crippen LogP contribution in [0.25, 0.3) is 0 Å². The maximum absolute atomic E-state index is 14.4. The number of anilines is 2. The number of ether oxygens (including phenoxy) is 1. The van der Waals surface area contributed by atoms with Gasteiger partial charge in [0.15, 0.2) is 0 Å². The first-order valence-corrected chi connectivity index (χ1v) is 8.17. The van der Waals surface area contributed by atoms with Gasteiger partial charge in [-0.25, -0.2) is 0 Å². The molecule has 1 aliphatic rings. The van der Waals surface area contributed by atoms with Gasteiger partial charge in [-0.05, 0) is 13.8 Å². The van der Waals surface area contributed by atoms with Crippen molar-refractivity contribution >= 4 is 17.7 Å². The van der Waals surface area contributed by atoms with Gasteiger partial charge < -0.3 is 21.1 Å². The predicted octanol–water partition coefficient (Wildman–Crippen LogP) is 1.20. The number of hydrogen-bond donors (Lipinski definition) is 2. The first-order chi connectivity index (χ1) is 12.3. The van der Waals surface area contributed by atoms with Crippen molar-refractivity contribution in [2.45, 2.75) is 32.7 Å². The van der Waals surface area contributed by atoms with Crippen molar-refractivity contribution in [2.24, 2.45) is 5.73 Å². The highest BCUT2D eigenvalue weighted by Gasteiger charge is 2.35. The van der Waals surface area contributed by atoms with Crippen LogP contribution in [-0.2, 0) is 11.3 Å². The number of hydrogen-bond acceptors (Lipinski definition) is 7. The van der Waals surface area contributed by atoms with Gasteiger partial charge in [0.2, 0.25) is 17.8 Å². The molecule has 0 radical (unpaired) electrons. The average molecular weight is 360 g/mol. The Balaban J connectivity index is 1.99. The molecule has 138 valence electrons. The average Bonchev–Trinajstić information content (AvgIpc) is 2.87. The van der Waals surface area contributed by atoms with Crippen LogP contribution in [-0.4, -0.2) is 34.5 Å². The van der Waals surface area contributed by atoms with E-state index in [9.17, 15) is 9.18 Å². The Morgan fingerprint density at radius 3 is 2.81 bits per heavy atom. The lowest BCUT2D eigenvalue weighted by molar-refractivity contribution is -0.118. The number of fused-ring (bicyclic) bond motifs is 1. The first-order valence-electron chi connectivity index (χ1n) is 8.17. The molecule has 0 saturated carbocycles. The quantitative estimate of drug-likeness (QED) is 0.769. The summed E-state index contributed by atoms with van der Waals surface area (Å²) in [5.74, 6) is -0.663. The standard InChI is InChI=1S/C17H21FN6O2/c1-8-5-21-11(9(2)14(8)26-3)7-24-6-10(4-12(19)25)13-15(18)22-17(20)23-16(13)24/h5,10H,4,6-7H2,1-3H3,(H2,19,25)(H2,20,22,23). The largest absolute Gasteiger partial charge is 0.496 e. The van der Waals surface area contributed by atoms with Crippen molar-refractivity contribution in [3.63, 3.8) is 0 Å². The molecule has 4 N–H and O–H groups in total. The summed E-state index contributed by atoms with van der Waals surface area (Å²) in [7, 11) is 1.61. The van der Waals surface area contributed by atoms with E-state index in [4.69, 9.17) is 16.2 Å². The molecule has 0 fully saturated rings. The summed E-state index contributed by atoms with van der Waals surface area (Å²) in [6, 6.07) is 0. The fourth-order valence-corrected chi connectivity index (χ4v) is 3.44. The number of nitrogens with zero attached hydrogens (tertiary/aromatic N) is 4. The van der Waals surface area contributed by atoms with E-state index in [2.05, 4.69) is 15.0 Å². The van der Waals surface area contributed by atoms with Gasteiger partial charge in [0.1, 0.15) is 11.6 Å². The molecule has 1 amide bonds. The zero-order valence-electron chi connectivity index (χ0n) is 14.9. The van der Waals surface area contributed by atoms with Gasteiger partial charge in [0.05, 0.1) is 24.9 Å². The SMILES string of the molecule is COc1c(C)cnc(CN2CC(CC(N)=O)c3c(F)nc(N)nc32)c1C. The molecule has 0 aromatic carbocycles. The molecule has 0 aliphatic carbocycles. The minimum Gasteiger partial charge on any atom is -0.496 e. The third kappa shape index (κ3) is 3.12. The summed E-state index contributed by atoms with van der Waals surface area (Å²) in [5.41, 5.74) is 13.8. The third-order valence-electron chi connectivity index (χ3n) is 4.58. The molecule has 1 aliphatic heterocycles. The molecule has 0 bridgehead atoms. The van der Waals surface area contributed by atoms with Crippen molar-refractivity contribution in [3.8, 4) is 5.75 Å². The van der Waals surface area contributed by atoms with Gasteiger partial charge in [-0.15, -0.1) is 0 Å². The van der Waals surface area contributed by atoms with Gasteiger partial charge in [-0.3, -0.25) is 9.78 Å². The Morgan fingerprint density at radius 1 is 1.42 bits per heavy atom. The van der Waals surface area contributed by atoms with E-state index in [0.717, 1.165) is 22.6 Å². The fourth-order valence-electron chi connectivity index (χ4n) is 3.44. The Morgan fingerprint density at radius 2 is 2.15 bits per heavy atom. The highest BCUT2D eigenvalue weighted by molar-refractivity contribution is 5.76. The molecule has 3 rings (SSSR count). The number of aromatic nitrogens is 3. The molecule has 8 nitrogen and oxygen atoms in total. The number of nitrogen functional groups attached to an aromatic ring is 1. The Kier molecular flexibility index (Phi) is 4.62. The smallest absolute Gasteiger partial charge is 0.224 e. The van der Waals surface area contributed by atoms with Crippen molar-refractivity contribution in [2.75, 3.05) is 24.3 Å². The maximum atomic E-state index is 14.4. The van der Waals surface area contributed by atoms with E-state index in [0.29, 0.717) is 18.9 Å². The molecule has 0 spiro atoms. The summed E-state index contributed by atoms with van der Waals surface area (Å²) in [5, 5.41) is 0. The minimum absolute atomic E-state index is 0.0112. The van der Waals surface area contributed by atoms with E-state index in [-0.39, 0.29) is 17.9 Å². The second kappa shape index (κ2) is 6.74. The molecule has 3 heterocycles. The number of primary amides is 1. The lowest BCUT2D eigenvalue weighted by Crippen LogP contribution is -2.25. The van der Waals surface area contributed by atoms with Crippen molar-refractivity contribution in [3.05, 3.63) is 34.5 Å². The minimum atomic E-state index is -0.715. The lowest BCUT2D eigenvalue weighted by Gasteiger charge is -2.21. The van der Waals surface area contributed by atoms with Gasteiger partial charge in [0, 0.05) is 36.2 Å². The predicted molar refractivity (Wildman–Crippen MR) is 94.3 cm³/mol. The second-order valence-corrected chi connectivity index (χ2v) is 6.40. The summed E-state index contributed by atoms with van der Waals surface area (Å²) in [4.78, 5) is 25.5.